The molecule has 174 valence electrons. The van der Waals surface area contributed by atoms with Gasteiger partial charge >= 0.3 is 5.97 Å². The van der Waals surface area contributed by atoms with Crippen molar-refractivity contribution in [2.75, 3.05) is 7.11 Å². The van der Waals surface area contributed by atoms with Crippen LogP contribution in [0.25, 0.3) is 10.8 Å². The molecule has 0 bridgehead atoms. The zero-order valence-electron chi connectivity index (χ0n) is 18.7. The first kappa shape index (κ1) is 22.3. The maximum Gasteiger partial charge on any atom is 0.379 e. The molecule has 0 aliphatic heterocycles. The van der Waals surface area contributed by atoms with Crippen molar-refractivity contribution in [2.24, 2.45) is 5.10 Å². The van der Waals surface area contributed by atoms with E-state index in [1.54, 1.807) is 35.2 Å². The summed E-state index contributed by atoms with van der Waals surface area (Å²) in [4.78, 5) is 12.2. The number of nitrogens with zero attached hydrogens (tertiary/aromatic N) is 3. The third-order valence-corrected chi connectivity index (χ3v) is 5.65. The molecular weight excluding hydrogens is 464 g/mol. The number of carbonyl (C=O) groups is 1. The lowest BCUT2D eigenvalue weighted by Crippen LogP contribution is -2.08. The van der Waals surface area contributed by atoms with Crippen LogP contribution in [0.3, 0.4) is 0 Å². The fourth-order valence-corrected chi connectivity index (χ4v) is 3.89. The molecule has 0 saturated heterocycles. The molecule has 3 aromatic carbocycles. The topological polar surface area (TPSA) is 94.6 Å². The standard InChI is InChI=1S/C26H20N4O4S/c1-32-23-14-17(11-12-21(23)34-25(31)22-10-5-13-33-22)16-27-30-24(28-29-26(30)35)15-19-8-4-7-18-6-2-3-9-20(18)19/h2-14,16H,15H2,1H3,(H,29,35)/b27-16+. The third-order valence-electron chi connectivity index (χ3n) is 5.38. The summed E-state index contributed by atoms with van der Waals surface area (Å²) in [6.45, 7) is 0. The summed E-state index contributed by atoms with van der Waals surface area (Å²) in [7, 11) is 1.49. The van der Waals surface area contributed by atoms with Gasteiger partial charge in [-0.15, -0.1) is 0 Å². The number of hydrogen-bond acceptors (Lipinski definition) is 7. The van der Waals surface area contributed by atoms with Crippen LogP contribution in [0, 0.1) is 4.77 Å². The second kappa shape index (κ2) is 9.78. The number of H-pyrrole nitrogens is 1. The SMILES string of the molecule is COc1cc(/C=N/n2c(Cc3cccc4ccccc34)n[nH]c2=S)ccc1OC(=O)c1ccco1. The highest BCUT2D eigenvalue weighted by Crippen LogP contribution is 2.28. The minimum Gasteiger partial charge on any atom is -0.493 e. The molecule has 9 heteroatoms. The van der Waals surface area contributed by atoms with Crippen LogP contribution < -0.4 is 9.47 Å². The Bertz CT molecular complexity index is 1580. The molecule has 0 fully saturated rings. The Labute approximate surface area is 205 Å². The number of hydrogen-bond donors (Lipinski definition) is 1. The number of aromatic nitrogens is 3. The smallest absolute Gasteiger partial charge is 0.379 e. The van der Waals surface area contributed by atoms with Crippen LogP contribution in [0.5, 0.6) is 11.5 Å². The highest BCUT2D eigenvalue weighted by atomic mass is 32.1. The number of furan rings is 1. The number of benzene rings is 3. The van der Waals surface area contributed by atoms with Gasteiger partial charge in [0.15, 0.2) is 17.3 Å². The second-order valence-corrected chi connectivity index (χ2v) is 7.98. The van der Waals surface area contributed by atoms with Crippen LogP contribution in [0.2, 0.25) is 0 Å². The fraction of sp³-hybridized carbons (Fsp3) is 0.0769. The molecule has 0 unspecified atom stereocenters. The second-order valence-electron chi connectivity index (χ2n) is 7.59. The Kier molecular flexibility index (Phi) is 6.23. The first-order valence-corrected chi connectivity index (χ1v) is 11.1. The lowest BCUT2D eigenvalue weighted by Gasteiger charge is -2.09. The number of rotatable bonds is 7. The van der Waals surface area contributed by atoms with Gasteiger partial charge < -0.3 is 13.9 Å². The highest BCUT2D eigenvalue weighted by Gasteiger charge is 2.15. The van der Waals surface area contributed by atoms with Gasteiger partial charge in [0.1, 0.15) is 0 Å². The van der Waals surface area contributed by atoms with Crippen LogP contribution in [0.1, 0.15) is 27.5 Å². The van der Waals surface area contributed by atoms with Crippen molar-refractivity contribution in [3.8, 4) is 11.5 Å². The summed E-state index contributed by atoms with van der Waals surface area (Å²) < 4.78 is 17.8. The number of esters is 1. The number of fused-ring (bicyclic) bond motifs is 1. The number of carbonyl (C=O) groups excluding carboxylic acids is 1. The highest BCUT2D eigenvalue weighted by molar-refractivity contribution is 7.71. The molecular formula is C26H20N4O4S. The maximum absolute atomic E-state index is 12.2. The van der Waals surface area contributed by atoms with Gasteiger partial charge in [-0.3, -0.25) is 5.10 Å². The summed E-state index contributed by atoms with van der Waals surface area (Å²) in [6, 6.07) is 22.6. The summed E-state index contributed by atoms with van der Waals surface area (Å²) in [5, 5.41) is 14.0. The summed E-state index contributed by atoms with van der Waals surface area (Å²) >= 11 is 5.40. The van der Waals surface area contributed by atoms with E-state index >= 15 is 0 Å². The van der Waals surface area contributed by atoms with Gasteiger partial charge in [0.25, 0.3) is 0 Å². The van der Waals surface area contributed by atoms with Crippen LogP contribution in [-0.2, 0) is 6.42 Å². The first-order valence-electron chi connectivity index (χ1n) is 10.7. The Morgan fingerprint density at radius 3 is 2.80 bits per heavy atom. The number of aromatic amines is 1. The van der Waals surface area contributed by atoms with Gasteiger partial charge in [-0.1, -0.05) is 42.5 Å². The van der Waals surface area contributed by atoms with E-state index < -0.39 is 5.97 Å². The Hall–Kier alpha value is -4.50. The number of ether oxygens (including phenoxy) is 2. The molecule has 2 heterocycles. The van der Waals surface area contributed by atoms with Crippen molar-refractivity contribution in [2.45, 2.75) is 6.42 Å². The summed E-state index contributed by atoms with van der Waals surface area (Å²) in [5.74, 6) is 0.810. The largest absolute Gasteiger partial charge is 0.493 e. The van der Waals surface area contributed by atoms with E-state index in [1.807, 2.05) is 18.2 Å². The van der Waals surface area contributed by atoms with Crippen LogP contribution in [0.15, 0.2) is 88.6 Å². The van der Waals surface area contributed by atoms with E-state index in [4.69, 9.17) is 26.1 Å². The molecule has 0 amide bonds. The van der Waals surface area contributed by atoms with Gasteiger partial charge in [-0.2, -0.15) is 14.9 Å². The quantitative estimate of drug-likeness (QED) is 0.144. The lowest BCUT2D eigenvalue weighted by atomic mass is 10.0. The molecule has 0 aliphatic rings. The Morgan fingerprint density at radius 1 is 1.11 bits per heavy atom. The Balaban J connectivity index is 1.39. The predicted molar refractivity (Wildman–Crippen MR) is 134 cm³/mol. The predicted octanol–water partition coefficient (Wildman–Crippen LogP) is 5.39. The zero-order valence-corrected chi connectivity index (χ0v) is 19.5. The van der Waals surface area contributed by atoms with E-state index in [9.17, 15) is 4.79 Å². The molecule has 0 atom stereocenters. The van der Waals surface area contributed by atoms with Gasteiger partial charge in [-0.05, 0) is 64.4 Å². The van der Waals surface area contributed by atoms with E-state index in [0.29, 0.717) is 22.8 Å². The van der Waals surface area contributed by atoms with E-state index in [0.717, 1.165) is 21.9 Å². The van der Waals surface area contributed by atoms with Crippen LogP contribution in [-0.4, -0.2) is 34.2 Å². The normalized spacial score (nSPS) is 11.2. The van der Waals surface area contributed by atoms with Crippen molar-refractivity contribution in [3.05, 3.63) is 107 Å². The number of methoxy groups -OCH3 is 1. The van der Waals surface area contributed by atoms with Crippen molar-refractivity contribution < 1.29 is 18.7 Å². The molecule has 0 saturated carbocycles. The van der Waals surface area contributed by atoms with Gasteiger partial charge in [0.05, 0.1) is 19.6 Å². The molecule has 2 aromatic heterocycles. The van der Waals surface area contributed by atoms with Crippen molar-refractivity contribution >= 4 is 35.2 Å². The fourth-order valence-electron chi connectivity index (χ4n) is 3.69. The minimum absolute atomic E-state index is 0.103. The van der Waals surface area contributed by atoms with E-state index in [-0.39, 0.29) is 11.5 Å². The van der Waals surface area contributed by atoms with Crippen molar-refractivity contribution in [1.29, 1.82) is 0 Å². The van der Waals surface area contributed by atoms with Crippen molar-refractivity contribution in [3.63, 3.8) is 0 Å². The molecule has 5 aromatic rings. The van der Waals surface area contributed by atoms with Gasteiger partial charge in [0, 0.05) is 6.42 Å². The Morgan fingerprint density at radius 2 is 1.97 bits per heavy atom. The molecule has 1 N–H and O–H groups in total. The van der Waals surface area contributed by atoms with Gasteiger partial charge in [-0.25, -0.2) is 4.79 Å². The summed E-state index contributed by atoms with van der Waals surface area (Å²) in [6.07, 6.45) is 3.60. The van der Waals surface area contributed by atoms with E-state index in [1.165, 1.54) is 19.4 Å². The molecule has 0 aliphatic carbocycles. The molecule has 0 radical (unpaired) electrons. The summed E-state index contributed by atoms with van der Waals surface area (Å²) in [5.41, 5.74) is 1.84. The van der Waals surface area contributed by atoms with Crippen LogP contribution >= 0.6 is 12.2 Å². The first-order chi connectivity index (χ1) is 17.1. The maximum atomic E-state index is 12.2. The lowest BCUT2D eigenvalue weighted by molar-refractivity contribution is 0.0696. The average molecular weight is 485 g/mol. The average Bonchev–Trinajstić information content (AvgIpc) is 3.54. The van der Waals surface area contributed by atoms with E-state index in [2.05, 4.69) is 39.6 Å². The molecule has 35 heavy (non-hydrogen) atoms. The molecule has 0 spiro atoms. The monoisotopic (exact) mass is 484 g/mol. The van der Waals surface area contributed by atoms with Crippen LogP contribution in [0.4, 0.5) is 0 Å². The minimum atomic E-state index is -0.613. The van der Waals surface area contributed by atoms with Crippen molar-refractivity contribution in [1.82, 2.24) is 14.9 Å². The zero-order chi connectivity index (χ0) is 24.2. The van der Waals surface area contributed by atoms with Gasteiger partial charge in [0.2, 0.25) is 10.5 Å². The number of nitrogens with one attached hydrogen (secondary N) is 1. The molecule has 8 nitrogen and oxygen atoms in total. The third kappa shape index (κ3) is 4.75. The molecule has 5 rings (SSSR count).